The molecule has 0 aliphatic carbocycles. The number of aryl methyl sites for hydroxylation is 1. The van der Waals surface area contributed by atoms with Crippen LogP contribution in [0.1, 0.15) is 46.1 Å². The summed E-state index contributed by atoms with van der Waals surface area (Å²) < 4.78 is 0. The van der Waals surface area contributed by atoms with Gasteiger partial charge in [0.25, 0.3) is 0 Å². The number of hydrogen-bond acceptors (Lipinski definition) is 3. The maximum absolute atomic E-state index is 11.8. The zero-order valence-corrected chi connectivity index (χ0v) is 15.4. The van der Waals surface area contributed by atoms with E-state index < -0.39 is 0 Å². The molecule has 4 N–H and O–H groups in total. The fourth-order valence-corrected chi connectivity index (χ4v) is 1.90. The highest BCUT2D eigenvalue weighted by atomic mass is 16.2. The Bertz CT molecular complexity index is 404. The van der Waals surface area contributed by atoms with Crippen molar-refractivity contribution < 1.29 is 4.79 Å². The quantitative estimate of drug-likeness (QED) is 0.690. The van der Waals surface area contributed by atoms with Crippen LogP contribution in [-0.2, 0) is 4.79 Å². The monoisotopic (exact) mass is 321 g/mol. The fraction of sp³-hybridized carbons (Fsp3) is 0.632. The first kappa shape index (κ1) is 21.6. The number of nitrogens with one attached hydrogen (secondary N) is 2. The summed E-state index contributed by atoms with van der Waals surface area (Å²) in [7, 11) is 0. The Hall–Kier alpha value is -1.39. The fourth-order valence-electron chi connectivity index (χ4n) is 1.90. The minimum absolute atomic E-state index is 0.0808. The first-order chi connectivity index (χ1) is 10.9. The van der Waals surface area contributed by atoms with Crippen molar-refractivity contribution in [3.05, 3.63) is 35.9 Å². The molecule has 0 saturated carbocycles. The molecule has 132 valence electrons. The Kier molecular flexibility index (Phi) is 12.3. The standard InChI is InChI=1S/C12H27N3O.C7H8/c1-5-6-11(14-8-10(4)13)12(16)15-7-9(2)3;1-7-5-3-2-4-6-7/h9-11,14H,5-8,13H2,1-4H3,(H,15,16);2-6H,1H3/t10?,11-;/m0./s1. The van der Waals surface area contributed by atoms with Crippen LogP contribution in [0.4, 0.5) is 0 Å². The number of hydrogen-bond donors (Lipinski definition) is 3. The van der Waals surface area contributed by atoms with Gasteiger partial charge in [-0.1, -0.05) is 63.1 Å². The Morgan fingerprint density at radius 1 is 1.13 bits per heavy atom. The molecular weight excluding hydrogens is 286 g/mol. The number of carbonyl (C=O) groups excluding carboxylic acids is 1. The molecule has 0 bridgehead atoms. The number of rotatable bonds is 8. The van der Waals surface area contributed by atoms with Gasteiger partial charge in [-0.25, -0.2) is 0 Å². The highest BCUT2D eigenvalue weighted by Gasteiger charge is 2.16. The lowest BCUT2D eigenvalue weighted by Gasteiger charge is -2.19. The van der Waals surface area contributed by atoms with E-state index in [0.29, 0.717) is 12.5 Å². The molecule has 0 aliphatic heterocycles. The molecule has 1 rings (SSSR count). The minimum Gasteiger partial charge on any atom is -0.354 e. The van der Waals surface area contributed by atoms with Gasteiger partial charge in [-0.2, -0.15) is 0 Å². The van der Waals surface area contributed by atoms with Crippen LogP contribution in [0.2, 0.25) is 0 Å². The largest absolute Gasteiger partial charge is 0.354 e. The topological polar surface area (TPSA) is 67.1 Å². The second-order valence-corrected chi connectivity index (χ2v) is 6.52. The average Bonchev–Trinajstić information content (AvgIpc) is 2.50. The summed E-state index contributed by atoms with van der Waals surface area (Å²) in [5.41, 5.74) is 6.99. The summed E-state index contributed by atoms with van der Waals surface area (Å²) in [6, 6.07) is 10.2. The molecular formula is C19H35N3O. The van der Waals surface area contributed by atoms with E-state index >= 15 is 0 Å². The summed E-state index contributed by atoms with van der Waals surface area (Å²) in [6.45, 7) is 11.7. The molecule has 23 heavy (non-hydrogen) atoms. The summed E-state index contributed by atoms with van der Waals surface area (Å²) in [6.07, 6.45) is 1.85. The van der Waals surface area contributed by atoms with Crippen molar-refractivity contribution in [1.29, 1.82) is 0 Å². The molecule has 0 aliphatic rings. The van der Waals surface area contributed by atoms with Gasteiger partial charge in [0, 0.05) is 19.1 Å². The normalized spacial score (nSPS) is 13.0. The van der Waals surface area contributed by atoms with Gasteiger partial charge in [0.2, 0.25) is 5.91 Å². The molecule has 0 spiro atoms. The second-order valence-electron chi connectivity index (χ2n) is 6.52. The smallest absolute Gasteiger partial charge is 0.237 e. The van der Waals surface area contributed by atoms with Gasteiger partial charge in [0.15, 0.2) is 0 Å². The van der Waals surface area contributed by atoms with Crippen molar-refractivity contribution in [2.24, 2.45) is 11.7 Å². The van der Waals surface area contributed by atoms with E-state index in [1.165, 1.54) is 5.56 Å². The second kappa shape index (κ2) is 13.1. The Balaban J connectivity index is 0.000000568. The molecule has 1 aromatic rings. The third-order valence-electron chi connectivity index (χ3n) is 3.21. The SMILES string of the molecule is CCC[C@H](NCC(C)N)C(=O)NCC(C)C.Cc1ccccc1. The number of nitrogens with two attached hydrogens (primary N) is 1. The van der Waals surface area contributed by atoms with Crippen LogP contribution in [0, 0.1) is 12.8 Å². The van der Waals surface area contributed by atoms with E-state index in [0.717, 1.165) is 19.4 Å². The minimum atomic E-state index is -0.102. The van der Waals surface area contributed by atoms with E-state index in [1.807, 2.05) is 25.1 Å². The Morgan fingerprint density at radius 3 is 2.13 bits per heavy atom. The van der Waals surface area contributed by atoms with Crippen molar-refractivity contribution in [2.45, 2.75) is 59.5 Å². The Morgan fingerprint density at radius 2 is 1.74 bits per heavy atom. The molecule has 0 aromatic heterocycles. The van der Waals surface area contributed by atoms with Crippen molar-refractivity contribution in [1.82, 2.24) is 10.6 Å². The molecule has 1 unspecified atom stereocenters. The van der Waals surface area contributed by atoms with Crippen molar-refractivity contribution in [3.8, 4) is 0 Å². The Labute approximate surface area is 142 Å². The third-order valence-corrected chi connectivity index (χ3v) is 3.21. The van der Waals surface area contributed by atoms with Gasteiger partial charge < -0.3 is 16.4 Å². The van der Waals surface area contributed by atoms with Crippen molar-refractivity contribution >= 4 is 5.91 Å². The molecule has 0 heterocycles. The van der Waals surface area contributed by atoms with Gasteiger partial charge in [-0.05, 0) is 26.2 Å². The molecule has 1 amide bonds. The van der Waals surface area contributed by atoms with Gasteiger partial charge >= 0.3 is 0 Å². The molecule has 4 nitrogen and oxygen atoms in total. The number of carbonyl (C=O) groups is 1. The van der Waals surface area contributed by atoms with Crippen LogP contribution in [0.25, 0.3) is 0 Å². The van der Waals surface area contributed by atoms with Crippen LogP contribution in [0.3, 0.4) is 0 Å². The zero-order chi connectivity index (χ0) is 17.7. The zero-order valence-electron chi connectivity index (χ0n) is 15.4. The van der Waals surface area contributed by atoms with Crippen molar-refractivity contribution in [3.63, 3.8) is 0 Å². The molecule has 4 heteroatoms. The van der Waals surface area contributed by atoms with Gasteiger partial charge in [-0.15, -0.1) is 0 Å². The lowest BCUT2D eigenvalue weighted by molar-refractivity contribution is -0.123. The molecule has 1 aromatic carbocycles. The first-order valence-electron chi connectivity index (χ1n) is 8.65. The predicted octanol–water partition coefficient (Wildman–Crippen LogP) is 2.86. The number of benzene rings is 1. The molecule has 0 fully saturated rings. The summed E-state index contributed by atoms with van der Waals surface area (Å²) >= 11 is 0. The van der Waals surface area contributed by atoms with E-state index in [-0.39, 0.29) is 18.0 Å². The highest BCUT2D eigenvalue weighted by Crippen LogP contribution is 1.98. The van der Waals surface area contributed by atoms with Crippen LogP contribution in [-0.4, -0.2) is 31.1 Å². The number of amides is 1. The molecule has 0 saturated heterocycles. The summed E-state index contributed by atoms with van der Waals surface area (Å²) in [5.74, 6) is 0.579. The van der Waals surface area contributed by atoms with E-state index in [4.69, 9.17) is 5.73 Å². The third kappa shape index (κ3) is 12.8. The van der Waals surface area contributed by atoms with Crippen molar-refractivity contribution in [2.75, 3.05) is 13.1 Å². The molecule has 0 radical (unpaired) electrons. The predicted molar refractivity (Wildman–Crippen MR) is 99.4 cm³/mol. The van der Waals surface area contributed by atoms with E-state index in [2.05, 4.69) is 50.5 Å². The highest BCUT2D eigenvalue weighted by molar-refractivity contribution is 5.81. The van der Waals surface area contributed by atoms with E-state index in [9.17, 15) is 4.79 Å². The van der Waals surface area contributed by atoms with Crippen LogP contribution >= 0.6 is 0 Å². The van der Waals surface area contributed by atoms with E-state index in [1.54, 1.807) is 0 Å². The van der Waals surface area contributed by atoms with Gasteiger partial charge in [0.05, 0.1) is 6.04 Å². The average molecular weight is 322 g/mol. The van der Waals surface area contributed by atoms with Crippen LogP contribution < -0.4 is 16.4 Å². The first-order valence-corrected chi connectivity index (χ1v) is 8.65. The summed E-state index contributed by atoms with van der Waals surface area (Å²) in [5, 5.41) is 6.16. The lowest BCUT2D eigenvalue weighted by Crippen LogP contribution is -2.48. The maximum atomic E-state index is 11.8. The van der Waals surface area contributed by atoms with Gasteiger partial charge in [-0.3, -0.25) is 4.79 Å². The van der Waals surface area contributed by atoms with Crippen LogP contribution in [0.15, 0.2) is 30.3 Å². The van der Waals surface area contributed by atoms with Gasteiger partial charge in [0.1, 0.15) is 0 Å². The molecule has 2 atom stereocenters. The maximum Gasteiger partial charge on any atom is 0.237 e. The lowest BCUT2D eigenvalue weighted by atomic mass is 10.1. The summed E-state index contributed by atoms with van der Waals surface area (Å²) in [4.78, 5) is 11.8. The van der Waals surface area contributed by atoms with Crippen LogP contribution in [0.5, 0.6) is 0 Å².